The van der Waals surface area contributed by atoms with Crippen LogP contribution in [0.4, 0.5) is 0 Å². The maximum atomic E-state index is 12.5. The Morgan fingerprint density at radius 1 is 1.23 bits per heavy atom. The Bertz CT molecular complexity index is 997. The molecule has 5 heteroatoms. The predicted molar refractivity (Wildman–Crippen MR) is 112 cm³/mol. The van der Waals surface area contributed by atoms with Crippen molar-refractivity contribution in [3.8, 4) is 0 Å². The first-order chi connectivity index (χ1) is 12.6. The van der Waals surface area contributed by atoms with Crippen molar-refractivity contribution in [2.24, 2.45) is 4.99 Å². The molecule has 0 unspecified atom stereocenters. The van der Waals surface area contributed by atoms with Gasteiger partial charge in [0.25, 0.3) is 5.91 Å². The maximum Gasteiger partial charge on any atom is 0.252 e. The van der Waals surface area contributed by atoms with Gasteiger partial charge in [-0.3, -0.25) is 4.79 Å². The molecule has 3 rings (SSSR count). The molecular formula is C21H22N2OS2. The number of thioether (sulfide) groups is 1. The molecule has 1 aromatic heterocycles. The van der Waals surface area contributed by atoms with E-state index in [1.807, 2.05) is 18.2 Å². The van der Waals surface area contributed by atoms with Gasteiger partial charge in [0.2, 0.25) is 0 Å². The van der Waals surface area contributed by atoms with Crippen molar-refractivity contribution < 1.29 is 4.79 Å². The SMILES string of the molecule is C=CCn1c(=NC(=O)Cc2ccc(CC)cc2)sc2cc(SC)ccc21. The van der Waals surface area contributed by atoms with Crippen LogP contribution in [-0.4, -0.2) is 16.7 Å². The van der Waals surface area contributed by atoms with Crippen LogP contribution in [0.2, 0.25) is 0 Å². The van der Waals surface area contributed by atoms with E-state index in [0.717, 1.165) is 27.0 Å². The van der Waals surface area contributed by atoms with Crippen LogP contribution in [0.3, 0.4) is 0 Å². The van der Waals surface area contributed by atoms with Crippen LogP contribution in [0.5, 0.6) is 0 Å². The standard InChI is InChI=1S/C21H22N2OS2/c1-4-12-23-18-11-10-17(25-3)14-19(18)26-21(23)22-20(24)13-16-8-6-15(5-2)7-9-16/h4,6-11,14H,1,5,12-13H2,2-3H3. The normalized spacial score (nSPS) is 11.8. The zero-order valence-corrected chi connectivity index (χ0v) is 16.7. The fourth-order valence-electron chi connectivity index (χ4n) is 2.79. The third-order valence-corrected chi connectivity index (χ3v) is 5.97. The quantitative estimate of drug-likeness (QED) is 0.451. The number of nitrogens with zero attached hydrogens (tertiary/aromatic N) is 2. The second-order valence-electron chi connectivity index (χ2n) is 5.97. The highest BCUT2D eigenvalue weighted by atomic mass is 32.2. The average molecular weight is 383 g/mol. The molecule has 0 atom stereocenters. The number of benzene rings is 2. The Morgan fingerprint density at radius 2 is 1.96 bits per heavy atom. The van der Waals surface area contributed by atoms with Crippen LogP contribution in [0.25, 0.3) is 10.2 Å². The molecule has 0 spiro atoms. The Labute approximate surface area is 162 Å². The summed E-state index contributed by atoms with van der Waals surface area (Å²) in [5, 5.41) is 0. The van der Waals surface area contributed by atoms with E-state index in [9.17, 15) is 4.79 Å². The molecule has 0 saturated carbocycles. The zero-order valence-electron chi connectivity index (χ0n) is 15.1. The predicted octanol–water partition coefficient (Wildman–Crippen LogP) is 4.84. The van der Waals surface area contributed by atoms with Crippen molar-refractivity contribution >= 4 is 39.2 Å². The molecular weight excluding hydrogens is 360 g/mol. The molecule has 0 N–H and O–H groups in total. The summed E-state index contributed by atoms with van der Waals surface area (Å²) in [6.07, 6.45) is 5.22. The van der Waals surface area contributed by atoms with E-state index >= 15 is 0 Å². The average Bonchev–Trinajstić information content (AvgIpc) is 2.98. The molecule has 0 aliphatic heterocycles. The van der Waals surface area contributed by atoms with Gasteiger partial charge in [-0.25, -0.2) is 0 Å². The Balaban J connectivity index is 1.94. The molecule has 134 valence electrons. The van der Waals surface area contributed by atoms with Gasteiger partial charge in [-0.15, -0.1) is 18.3 Å². The number of fused-ring (bicyclic) bond motifs is 1. The molecule has 0 aliphatic carbocycles. The number of hydrogen-bond donors (Lipinski definition) is 0. The zero-order chi connectivity index (χ0) is 18.5. The monoisotopic (exact) mass is 382 g/mol. The van der Waals surface area contributed by atoms with E-state index in [4.69, 9.17) is 0 Å². The molecule has 1 amide bonds. The number of carbonyl (C=O) groups excluding carboxylic acids is 1. The maximum absolute atomic E-state index is 12.5. The molecule has 0 fully saturated rings. The summed E-state index contributed by atoms with van der Waals surface area (Å²) in [6, 6.07) is 14.5. The number of allylic oxidation sites excluding steroid dienone is 1. The smallest absolute Gasteiger partial charge is 0.252 e. The van der Waals surface area contributed by atoms with Gasteiger partial charge < -0.3 is 4.57 Å². The molecule has 0 bridgehead atoms. The molecule has 26 heavy (non-hydrogen) atoms. The van der Waals surface area contributed by atoms with E-state index in [1.165, 1.54) is 10.5 Å². The highest BCUT2D eigenvalue weighted by molar-refractivity contribution is 7.98. The topological polar surface area (TPSA) is 34.4 Å². The van der Waals surface area contributed by atoms with Gasteiger partial charge in [-0.1, -0.05) is 48.6 Å². The molecule has 3 aromatic rings. The number of carbonyl (C=O) groups is 1. The number of aryl methyl sites for hydroxylation is 1. The van der Waals surface area contributed by atoms with Crippen LogP contribution < -0.4 is 4.80 Å². The molecule has 2 aromatic carbocycles. The van der Waals surface area contributed by atoms with Gasteiger partial charge in [0.05, 0.1) is 16.6 Å². The van der Waals surface area contributed by atoms with E-state index in [-0.39, 0.29) is 5.91 Å². The van der Waals surface area contributed by atoms with Gasteiger partial charge in [-0.2, -0.15) is 4.99 Å². The summed E-state index contributed by atoms with van der Waals surface area (Å²) in [5.41, 5.74) is 3.36. The lowest BCUT2D eigenvalue weighted by Gasteiger charge is -2.02. The highest BCUT2D eigenvalue weighted by Gasteiger charge is 2.08. The third kappa shape index (κ3) is 4.17. The van der Waals surface area contributed by atoms with Crippen LogP contribution in [0.1, 0.15) is 18.1 Å². The molecule has 3 nitrogen and oxygen atoms in total. The molecule has 1 heterocycles. The Hall–Kier alpha value is -2.11. The Kier molecular flexibility index (Phi) is 6.12. The first kappa shape index (κ1) is 18.7. The summed E-state index contributed by atoms with van der Waals surface area (Å²) in [7, 11) is 0. The summed E-state index contributed by atoms with van der Waals surface area (Å²) in [5.74, 6) is -0.122. The summed E-state index contributed by atoms with van der Waals surface area (Å²) in [6.45, 7) is 6.59. The fourth-order valence-corrected chi connectivity index (χ4v) is 4.40. The van der Waals surface area contributed by atoms with Crippen molar-refractivity contribution in [1.29, 1.82) is 0 Å². The summed E-state index contributed by atoms with van der Waals surface area (Å²) in [4.78, 5) is 18.8. The molecule has 0 radical (unpaired) electrons. The lowest BCUT2D eigenvalue weighted by molar-refractivity contribution is -0.117. The van der Waals surface area contributed by atoms with Crippen molar-refractivity contribution in [2.45, 2.75) is 31.2 Å². The van der Waals surface area contributed by atoms with E-state index < -0.39 is 0 Å². The molecule has 0 aliphatic rings. The minimum Gasteiger partial charge on any atom is -0.313 e. The lowest BCUT2D eigenvalue weighted by Crippen LogP contribution is -2.16. The van der Waals surface area contributed by atoms with E-state index in [2.05, 4.69) is 59.6 Å². The first-order valence-corrected chi connectivity index (χ1v) is 10.6. The second kappa shape index (κ2) is 8.52. The van der Waals surface area contributed by atoms with Crippen LogP contribution >= 0.6 is 23.1 Å². The number of thiazole rings is 1. The third-order valence-electron chi connectivity index (χ3n) is 4.21. The highest BCUT2D eigenvalue weighted by Crippen LogP contribution is 2.24. The van der Waals surface area contributed by atoms with Gasteiger partial charge in [0.15, 0.2) is 4.80 Å². The van der Waals surface area contributed by atoms with Crippen molar-refractivity contribution in [3.63, 3.8) is 0 Å². The van der Waals surface area contributed by atoms with E-state index in [0.29, 0.717) is 13.0 Å². The van der Waals surface area contributed by atoms with Crippen molar-refractivity contribution in [2.75, 3.05) is 6.26 Å². The van der Waals surface area contributed by atoms with Gasteiger partial charge in [-0.05, 0) is 42.0 Å². The van der Waals surface area contributed by atoms with Crippen LogP contribution in [0.15, 0.2) is 65.0 Å². The van der Waals surface area contributed by atoms with Gasteiger partial charge in [0.1, 0.15) is 0 Å². The number of rotatable bonds is 6. The second-order valence-corrected chi connectivity index (χ2v) is 7.86. The summed E-state index contributed by atoms with van der Waals surface area (Å²) >= 11 is 3.26. The van der Waals surface area contributed by atoms with Gasteiger partial charge >= 0.3 is 0 Å². The number of hydrogen-bond acceptors (Lipinski definition) is 3. The lowest BCUT2D eigenvalue weighted by atomic mass is 10.1. The molecule has 0 saturated heterocycles. The van der Waals surface area contributed by atoms with Crippen LogP contribution in [-0.2, 0) is 24.2 Å². The minimum atomic E-state index is -0.122. The van der Waals surface area contributed by atoms with Gasteiger partial charge in [0, 0.05) is 11.4 Å². The number of aromatic nitrogens is 1. The summed E-state index contributed by atoms with van der Waals surface area (Å²) < 4.78 is 3.19. The van der Waals surface area contributed by atoms with E-state index in [1.54, 1.807) is 23.1 Å². The minimum absolute atomic E-state index is 0.122. The van der Waals surface area contributed by atoms with Crippen molar-refractivity contribution in [3.05, 3.63) is 71.0 Å². The first-order valence-electron chi connectivity index (χ1n) is 8.58. The fraction of sp³-hybridized carbons (Fsp3) is 0.238. The Morgan fingerprint density at radius 3 is 2.62 bits per heavy atom. The largest absolute Gasteiger partial charge is 0.313 e. The van der Waals surface area contributed by atoms with Crippen LogP contribution in [0, 0.1) is 0 Å². The number of amides is 1. The van der Waals surface area contributed by atoms with Crippen molar-refractivity contribution in [1.82, 2.24) is 4.57 Å².